The lowest BCUT2D eigenvalue weighted by atomic mass is 9.97. The first-order chi connectivity index (χ1) is 17.7. The quantitative estimate of drug-likeness (QED) is 0.357. The van der Waals surface area contributed by atoms with Crippen LogP contribution in [0.1, 0.15) is 22.3 Å². The fourth-order valence-corrected chi connectivity index (χ4v) is 5.99. The van der Waals surface area contributed by atoms with Crippen molar-refractivity contribution in [2.75, 3.05) is 6.54 Å². The normalized spacial score (nSPS) is 17.4. The largest absolute Gasteiger partial charge is 0.366 e. The topological polar surface area (TPSA) is 85.4 Å². The molecule has 0 saturated carbocycles. The van der Waals surface area contributed by atoms with Crippen LogP contribution in [0, 0.1) is 5.82 Å². The monoisotopic (exact) mass is 541 g/mol. The summed E-state index contributed by atoms with van der Waals surface area (Å²) < 4.78 is 32.1. The fourth-order valence-electron chi connectivity index (χ4n) is 4.83. The molecule has 37 heavy (non-hydrogen) atoms. The molecule has 1 aliphatic heterocycles. The number of fused-ring (bicyclic) bond motifs is 1. The zero-order valence-electron chi connectivity index (χ0n) is 19.5. The number of Topliss-reactive ketones (excluding diaryl/α,β-unsaturated/α-hetero) is 1. The summed E-state index contributed by atoms with van der Waals surface area (Å²) in [7, 11) is 0. The Balaban J connectivity index is 1.37. The second-order valence-corrected chi connectivity index (χ2v) is 10.3. The molecular weight excluding hydrogens is 520 g/mol. The van der Waals surface area contributed by atoms with Crippen molar-refractivity contribution in [1.29, 1.82) is 0 Å². The minimum Gasteiger partial charge on any atom is -0.366 e. The molecule has 0 radical (unpaired) electrons. The van der Waals surface area contributed by atoms with Gasteiger partial charge in [0.05, 0.1) is 28.4 Å². The number of alkyl halides is 1. The van der Waals surface area contributed by atoms with Crippen molar-refractivity contribution in [3.8, 4) is 11.1 Å². The van der Waals surface area contributed by atoms with Gasteiger partial charge in [0.2, 0.25) is 5.91 Å². The summed E-state index contributed by atoms with van der Waals surface area (Å²) in [5.41, 5.74) is 7.31. The Morgan fingerprint density at radius 1 is 1.08 bits per heavy atom. The third kappa shape index (κ3) is 4.76. The lowest BCUT2D eigenvalue weighted by Gasteiger charge is -2.24. The first-order valence-corrected chi connectivity index (χ1v) is 12.8. The smallest absolute Gasteiger partial charge is 0.251 e. The van der Waals surface area contributed by atoms with E-state index in [9.17, 15) is 18.8 Å². The van der Waals surface area contributed by atoms with Gasteiger partial charge in [-0.2, -0.15) is 0 Å². The summed E-state index contributed by atoms with van der Waals surface area (Å²) >= 11 is 7.56. The predicted octanol–water partition coefficient (Wildman–Crippen LogP) is 5.01. The number of aromatic nitrogens is 1. The number of halogens is 3. The summed E-state index contributed by atoms with van der Waals surface area (Å²) in [6.07, 6.45) is -0.321. The van der Waals surface area contributed by atoms with Gasteiger partial charge in [-0.3, -0.25) is 14.4 Å². The van der Waals surface area contributed by atoms with E-state index in [1.54, 1.807) is 52.4 Å². The SMILES string of the molecule is NC(=O)c1cn(CC(=O)N2C[C@H](F)CC2C(=O)Cc2cccc(-c3ccccc3Cl)c2F)c2ccsc12. The Hall–Kier alpha value is -3.56. The van der Waals surface area contributed by atoms with E-state index in [2.05, 4.69) is 0 Å². The predicted molar refractivity (Wildman–Crippen MR) is 139 cm³/mol. The Labute approximate surface area is 220 Å². The molecule has 1 fully saturated rings. The third-order valence-corrected chi connectivity index (χ3v) is 7.87. The lowest BCUT2D eigenvalue weighted by molar-refractivity contribution is -0.137. The number of ketones is 1. The Bertz CT molecular complexity index is 1530. The molecule has 0 bridgehead atoms. The second-order valence-electron chi connectivity index (χ2n) is 8.97. The molecule has 1 unspecified atom stereocenters. The number of benzene rings is 2. The highest BCUT2D eigenvalue weighted by Gasteiger charge is 2.39. The number of nitrogens with two attached hydrogens (primary N) is 1. The molecule has 5 rings (SSSR count). The average molecular weight is 542 g/mol. The van der Waals surface area contributed by atoms with E-state index in [0.29, 0.717) is 26.4 Å². The lowest BCUT2D eigenvalue weighted by Crippen LogP contribution is -2.42. The van der Waals surface area contributed by atoms with Crippen molar-refractivity contribution in [2.24, 2.45) is 5.73 Å². The fraction of sp³-hybridized carbons (Fsp3) is 0.222. The number of carbonyl (C=O) groups is 3. The number of hydrogen-bond acceptors (Lipinski definition) is 4. The maximum absolute atomic E-state index is 15.4. The van der Waals surface area contributed by atoms with Gasteiger partial charge >= 0.3 is 0 Å². The van der Waals surface area contributed by atoms with Crippen LogP contribution in [0.5, 0.6) is 0 Å². The summed E-state index contributed by atoms with van der Waals surface area (Å²) in [5.74, 6) is -2.11. The van der Waals surface area contributed by atoms with Gasteiger partial charge in [-0.05, 0) is 23.1 Å². The summed E-state index contributed by atoms with van der Waals surface area (Å²) in [6.45, 7) is -0.415. The number of amides is 2. The van der Waals surface area contributed by atoms with E-state index in [4.69, 9.17) is 17.3 Å². The number of nitrogens with zero attached hydrogens (tertiary/aromatic N) is 2. The average Bonchev–Trinajstić information content (AvgIpc) is 3.57. The second kappa shape index (κ2) is 10.1. The highest BCUT2D eigenvalue weighted by atomic mass is 35.5. The first kappa shape index (κ1) is 25.1. The van der Waals surface area contributed by atoms with Crippen molar-refractivity contribution in [1.82, 2.24) is 9.47 Å². The highest BCUT2D eigenvalue weighted by molar-refractivity contribution is 7.17. The molecule has 6 nitrogen and oxygen atoms in total. The van der Waals surface area contributed by atoms with Crippen molar-refractivity contribution >= 4 is 50.8 Å². The molecule has 2 N–H and O–H groups in total. The van der Waals surface area contributed by atoms with Gasteiger partial charge in [0.25, 0.3) is 5.91 Å². The van der Waals surface area contributed by atoms with Crippen LogP contribution >= 0.6 is 22.9 Å². The molecule has 10 heteroatoms. The summed E-state index contributed by atoms with van der Waals surface area (Å²) in [5, 5.41) is 2.16. The number of likely N-dealkylation sites (tertiary alicyclic amines) is 1. The minimum absolute atomic E-state index is 0.147. The molecule has 1 aliphatic rings. The molecule has 2 aromatic heterocycles. The van der Waals surface area contributed by atoms with Crippen molar-refractivity contribution in [3.63, 3.8) is 0 Å². The van der Waals surface area contributed by atoms with Gasteiger partial charge in [0, 0.05) is 35.2 Å². The number of primary amides is 1. The van der Waals surface area contributed by atoms with Gasteiger partial charge in [0.15, 0.2) is 5.78 Å². The summed E-state index contributed by atoms with van der Waals surface area (Å²) in [6, 6.07) is 12.3. The maximum atomic E-state index is 15.4. The van der Waals surface area contributed by atoms with E-state index < -0.39 is 35.6 Å². The van der Waals surface area contributed by atoms with Crippen LogP contribution in [-0.4, -0.2) is 45.8 Å². The molecule has 2 atom stereocenters. The van der Waals surface area contributed by atoms with Gasteiger partial charge < -0.3 is 15.2 Å². The Kier molecular flexibility index (Phi) is 6.83. The van der Waals surface area contributed by atoms with Gasteiger partial charge in [0.1, 0.15) is 18.5 Å². The Morgan fingerprint density at radius 2 is 1.84 bits per heavy atom. The molecule has 1 saturated heterocycles. The van der Waals surface area contributed by atoms with E-state index in [0.717, 1.165) is 0 Å². The van der Waals surface area contributed by atoms with Gasteiger partial charge in [-0.15, -0.1) is 11.3 Å². The van der Waals surface area contributed by atoms with E-state index in [1.807, 2.05) is 0 Å². The third-order valence-electron chi connectivity index (χ3n) is 6.60. The molecular formula is C27H22ClF2N3O3S. The zero-order valence-corrected chi connectivity index (χ0v) is 21.1. The number of hydrogen-bond donors (Lipinski definition) is 1. The molecule has 3 heterocycles. The van der Waals surface area contributed by atoms with Crippen molar-refractivity contribution in [3.05, 3.63) is 82.1 Å². The van der Waals surface area contributed by atoms with Crippen LogP contribution in [0.2, 0.25) is 5.02 Å². The van der Waals surface area contributed by atoms with Gasteiger partial charge in [-0.1, -0.05) is 48.0 Å². The van der Waals surface area contributed by atoms with Crippen molar-refractivity contribution in [2.45, 2.75) is 31.6 Å². The number of carbonyl (C=O) groups excluding carboxylic acids is 3. The van der Waals surface area contributed by atoms with Crippen LogP contribution in [0.4, 0.5) is 8.78 Å². The first-order valence-electron chi connectivity index (χ1n) is 11.6. The van der Waals surface area contributed by atoms with Gasteiger partial charge in [-0.25, -0.2) is 8.78 Å². The maximum Gasteiger partial charge on any atom is 0.251 e. The zero-order chi connectivity index (χ0) is 26.3. The molecule has 2 aromatic carbocycles. The minimum atomic E-state index is -1.37. The molecule has 2 amide bonds. The van der Waals surface area contributed by atoms with Crippen LogP contribution in [-0.2, 0) is 22.6 Å². The molecule has 0 spiro atoms. The highest BCUT2D eigenvalue weighted by Crippen LogP contribution is 2.32. The summed E-state index contributed by atoms with van der Waals surface area (Å²) in [4.78, 5) is 39.4. The molecule has 4 aromatic rings. The van der Waals surface area contributed by atoms with E-state index in [-0.39, 0.29) is 37.1 Å². The Morgan fingerprint density at radius 3 is 2.59 bits per heavy atom. The number of thiophene rings is 1. The van der Waals surface area contributed by atoms with Crippen LogP contribution in [0.3, 0.4) is 0 Å². The van der Waals surface area contributed by atoms with Crippen molar-refractivity contribution < 1.29 is 23.2 Å². The van der Waals surface area contributed by atoms with Crippen LogP contribution < -0.4 is 5.73 Å². The standard InChI is InChI=1S/C27H22ClF2N3O3S/c28-20-7-2-1-5-17(20)18-6-3-4-15(25(18)30)10-23(34)22-11-16(29)12-33(22)24(35)14-32-13-19(27(31)36)26-21(32)8-9-37-26/h1-9,13,16,22H,10-12,14H2,(H2,31,36)/t16-,22?/m1/s1. The number of rotatable bonds is 7. The van der Waals surface area contributed by atoms with Crippen LogP contribution in [0.25, 0.3) is 21.3 Å². The molecule has 190 valence electrons. The van der Waals surface area contributed by atoms with Crippen LogP contribution in [0.15, 0.2) is 60.1 Å². The van der Waals surface area contributed by atoms with E-state index in [1.165, 1.54) is 28.5 Å². The van der Waals surface area contributed by atoms with E-state index >= 15 is 4.39 Å². The molecule has 0 aliphatic carbocycles.